The van der Waals surface area contributed by atoms with Gasteiger partial charge in [0.25, 0.3) is 0 Å². The predicted molar refractivity (Wildman–Crippen MR) is 90.6 cm³/mol. The van der Waals surface area contributed by atoms with Crippen molar-refractivity contribution in [3.05, 3.63) is 42.5 Å². The normalized spacial score (nSPS) is 16.7. The summed E-state index contributed by atoms with van der Waals surface area (Å²) in [5, 5.41) is 4.17. The van der Waals surface area contributed by atoms with E-state index in [-0.39, 0.29) is 17.9 Å². The zero-order valence-electron chi connectivity index (χ0n) is 14.0. The van der Waals surface area contributed by atoms with Gasteiger partial charge in [-0.25, -0.2) is 0 Å². The number of benzene rings is 1. The average molecular weight is 316 g/mol. The smallest absolute Gasteiger partial charge is 0.225 e. The molecule has 2 rings (SSSR count). The third-order valence-electron chi connectivity index (χ3n) is 3.74. The van der Waals surface area contributed by atoms with Crippen molar-refractivity contribution < 1.29 is 14.4 Å². The van der Waals surface area contributed by atoms with E-state index in [0.717, 1.165) is 17.0 Å². The minimum Gasteiger partial charge on any atom is -0.497 e. The molecule has 0 unspecified atom stereocenters. The topological polar surface area (TPSA) is 51.1 Å². The molecule has 1 heterocycles. The lowest BCUT2D eigenvalue weighted by molar-refractivity contribution is -0.135. The average Bonchev–Trinajstić information content (AvgIpc) is 3.02. The second-order valence-electron chi connectivity index (χ2n) is 5.88. The van der Waals surface area contributed by atoms with E-state index in [2.05, 4.69) is 11.7 Å². The zero-order chi connectivity index (χ0) is 16.8. The standard InChI is InChI=1S/C18H24N2O3/c1-5-10-20(18(21)13(2)3)12-16-11-17(19-23-16)14-6-8-15(22-4)9-7-14/h5-9,13,16H,1,10-12H2,2-4H3/t16-/m0/s1. The van der Waals surface area contributed by atoms with Crippen LogP contribution in [-0.2, 0) is 9.63 Å². The van der Waals surface area contributed by atoms with E-state index >= 15 is 0 Å². The molecule has 0 saturated heterocycles. The van der Waals surface area contributed by atoms with Gasteiger partial charge < -0.3 is 14.5 Å². The Bertz CT molecular complexity index is 578. The summed E-state index contributed by atoms with van der Waals surface area (Å²) in [5.41, 5.74) is 1.91. The summed E-state index contributed by atoms with van der Waals surface area (Å²) in [7, 11) is 1.64. The summed E-state index contributed by atoms with van der Waals surface area (Å²) in [4.78, 5) is 19.5. The van der Waals surface area contributed by atoms with Gasteiger partial charge >= 0.3 is 0 Å². The fourth-order valence-electron chi connectivity index (χ4n) is 2.50. The first-order valence-corrected chi connectivity index (χ1v) is 7.82. The maximum Gasteiger partial charge on any atom is 0.225 e. The molecule has 1 amide bonds. The Morgan fingerprint density at radius 3 is 2.74 bits per heavy atom. The number of hydrogen-bond acceptors (Lipinski definition) is 4. The van der Waals surface area contributed by atoms with Gasteiger partial charge in [0.1, 0.15) is 5.75 Å². The number of carbonyl (C=O) groups excluding carboxylic acids is 1. The molecule has 0 spiro atoms. The third-order valence-corrected chi connectivity index (χ3v) is 3.74. The van der Waals surface area contributed by atoms with Gasteiger partial charge in [0.15, 0.2) is 6.10 Å². The molecule has 0 aromatic heterocycles. The van der Waals surface area contributed by atoms with Gasteiger partial charge in [-0.1, -0.05) is 25.1 Å². The molecule has 0 saturated carbocycles. The summed E-state index contributed by atoms with van der Waals surface area (Å²) in [6.45, 7) is 8.56. The number of rotatable bonds is 7. The lowest BCUT2D eigenvalue weighted by atomic mass is 10.0. The van der Waals surface area contributed by atoms with Crippen molar-refractivity contribution >= 4 is 11.6 Å². The molecule has 5 nitrogen and oxygen atoms in total. The fourth-order valence-corrected chi connectivity index (χ4v) is 2.50. The van der Waals surface area contributed by atoms with Gasteiger partial charge in [-0.2, -0.15) is 0 Å². The summed E-state index contributed by atoms with van der Waals surface area (Å²) in [6, 6.07) is 7.73. The lowest BCUT2D eigenvalue weighted by Crippen LogP contribution is -2.40. The van der Waals surface area contributed by atoms with Crippen LogP contribution in [0.15, 0.2) is 42.1 Å². The highest BCUT2D eigenvalue weighted by molar-refractivity contribution is 6.01. The molecular weight excluding hydrogens is 292 g/mol. The Morgan fingerprint density at radius 1 is 1.48 bits per heavy atom. The van der Waals surface area contributed by atoms with E-state index in [0.29, 0.717) is 19.5 Å². The van der Waals surface area contributed by atoms with Crippen LogP contribution in [0.5, 0.6) is 5.75 Å². The van der Waals surface area contributed by atoms with Gasteiger partial charge in [-0.05, 0) is 29.8 Å². The van der Waals surface area contributed by atoms with Crippen molar-refractivity contribution in [2.75, 3.05) is 20.2 Å². The highest BCUT2D eigenvalue weighted by Crippen LogP contribution is 2.20. The fraction of sp³-hybridized carbons (Fsp3) is 0.444. The SMILES string of the molecule is C=CCN(C[C@@H]1CC(c2ccc(OC)cc2)=NO1)C(=O)C(C)C. The monoisotopic (exact) mass is 316 g/mol. The van der Waals surface area contributed by atoms with Crippen LogP contribution in [0, 0.1) is 5.92 Å². The number of hydrogen-bond donors (Lipinski definition) is 0. The first-order valence-electron chi connectivity index (χ1n) is 7.82. The molecule has 124 valence electrons. The number of ether oxygens (including phenoxy) is 1. The van der Waals surface area contributed by atoms with E-state index in [1.165, 1.54) is 0 Å². The first kappa shape index (κ1) is 17.1. The number of oxime groups is 1. The third kappa shape index (κ3) is 4.34. The summed E-state index contributed by atoms with van der Waals surface area (Å²) < 4.78 is 5.16. The van der Waals surface area contributed by atoms with Crippen LogP contribution in [0.4, 0.5) is 0 Å². The molecule has 23 heavy (non-hydrogen) atoms. The van der Waals surface area contributed by atoms with Crippen LogP contribution in [0.3, 0.4) is 0 Å². The maximum absolute atomic E-state index is 12.2. The van der Waals surface area contributed by atoms with Gasteiger partial charge in [0, 0.05) is 18.9 Å². The van der Waals surface area contributed by atoms with E-state index < -0.39 is 0 Å². The molecule has 0 fully saturated rings. The molecule has 1 atom stereocenters. The molecular formula is C18H24N2O3. The van der Waals surface area contributed by atoms with Gasteiger partial charge in [-0.15, -0.1) is 6.58 Å². The molecule has 0 bridgehead atoms. The largest absolute Gasteiger partial charge is 0.497 e. The second kappa shape index (κ2) is 7.81. The van der Waals surface area contributed by atoms with Crippen molar-refractivity contribution in [1.29, 1.82) is 0 Å². The molecule has 1 aliphatic heterocycles. The minimum atomic E-state index is -0.116. The minimum absolute atomic E-state index is 0.0432. The van der Waals surface area contributed by atoms with Crippen LogP contribution in [0.25, 0.3) is 0 Å². The predicted octanol–water partition coefficient (Wildman–Crippen LogP) is 2.86. The molecule has 0 N–H and O–H groups in total. The molecule has 1 aromatic carbocycles. The number of amides is 1. The Kier molecular flexibility index (Phi) is 5.79. The van der Waals surface area contributed by atoms with Crippen LogP contribution < -0.4 is 4.74 Å². The van der Waals surface area contributed by atoms with Crippen LogP contribution >= 0.6 is 0 Å². The van der Waals surface area contributed by atoms with Crippen LogP contribution in [-0.4, -0.2) is 42.8 Å². The van der Waals surface area contributed by atoms with Crippen LogP contribution in [0.2, 0.25) is 0 Å². The zero-order valence-corrected chi connectivity index (χ0v) is 14.0. The van der Waals surface area contributed by atoms with Crippen molar-refractivity contribution in [2.24, 2.45) is 11.1 Å². The molecule has 1 aliphatic rings. The molecule has 5 heteroatoms. The highest BCUT2D eigenvalue weighted by atomic mass is 16.6. The van der Waals surface area contributed by atoms with Crippen molar-refractivity contribution in [3.63, 3.8) is 0 Å². The summed E-state index contributed by atoms with van der Waals surface area (Å²) in [6.07, 6.45) is 2.31. The second-order valence-corrected chi connectivity index (χ2v) is 5.88. The van der Waals surface area contributed by atoms with Crippen LogP contribution in [0.1, 0.15) is 25.8 Å². The molecule has 1 aromatic rings. The van der Waals surface area contributed by atoms with E-state index in [4.69, 9.17) is 9.57 Å². The Hall–Kier alpha value is -2.30. The van der Waals surface area contributed by atoms with Gasteiger partial charge in [0.2, 0.25) is 5.91 Å². The van der Waals surface area contributed by atoms with Crippen molar-refractivity contribution in [3.8, 4) is 5.75 Å². The highest BCUT2D eigenvalue weighted by Gasteiger charge is 2.27. The van der Waals surface area contributed by atoms with Gasteiger partial charge in [0.05, 0.1) is 19.4 Å². The number of nitrogens with zero attached hydrogens (tertiary/aromatic N) is 2. The van der Waals surface area contributed by atoms with Crippen molar-refractivity contribution in [1.82, 2.24) is 4.90 Å². The van der Waals surface area contributed by atoms with E-state index in [1.807, 2.05) is 38.1 Å². The van der Waals surface area contributed by atoms with E-state index in [9.17, 15) is 4.79 Å². The Balaban J connectivity index is 1.97. The number of methoxy groups -OCH3 is 1. The Morgan fingerprint density at radius 2 is 2.17 bits per heavy atom. The summed E-state index contributed by atoms with van der Waals surface area (Å²) >= 11 is 0. The quantitative estimate of drug-likeness (QED) is 0.727. The molecule has 0 radical (unpaired) electrons. The van der Waals surface area contributed by atoms with Crippen molar-refractivity contribution in [2.45, 2.75) is 26.4 Å². The number of carbonyl (C=O) groups is 1. The summed E-state index contributed by atoms with van der Waals surface area (Å²) in [5.74, 6) is 0.870. The lowest BCUT2D eigenvalue weighted by Gasteiger charge is -2.25. The Labute approximate surface area is 137 Å². The van der Waals surface area contributed by atoms with E-state index in [1.54, 1.807) is 18.1 Å². The van der Waals surface area contributed by atoms with Gasteiger partial charge in [-0.3, -0.25) is 4.79 Å². The maximum atomic E-state index is 12.2. The molecule has 0 aliphatic carbocycles. The first-order chi connectivity index (χ1) is 11.0.